The quantitative estimate of drug-likeness (QED) is 0.886. The average Bonchev–Trinajstić information content (AvgIpc) is 2.42. The Bertz CT molecular complexity index is 730. The third kappa shape index (κ3) is 3.39. The minimum atomic E-state index is -3.62. The fraction of sp³-hybridized carbons (Fsp3) is 0.143. The van der Waals surface area contributed by atoms with Gasteiger partial charge in [-0.05, 0) is 58.2 Å². The van der Waals surface area contributed by atoms with Crippen LogP contribution in [0.15, 0.2) is 51.8 Å². The van der Waals surface area contributed by atoms with Gasteiger partial charge in [0.05, 0.1) is 10.6 Å². The van der Waals surface area contributed by atoms with Crippen LogP contribution in [0.5, 0.6) is 0 Å². The highest BCUT2D eigenvalue weighted by Gasteiger charge is 2.15. The van der Waals surface area contributed by atoms with Crippen molar-refractivity contribution < 1.29 is 8.42 Å². The third-order valence-corrected chi connectivity index (χ3v) is 4.83. The fourth-order valence-electron chi connectivity index (χ4n) is 1.75. The van der Waals surface area contributed by atoms with E-state index in [9.17, 15) is 8.42 Å². The van der Waals surface area contributed by atoms with E-state index in [1.807, 2.05) is 19.1 Å². The Morgan fingerprint density at radius 2 is 1.95 bits per heavy atom. The first kappa shape index (κ1) is 15.0. The lowest BCUT2D eigenvalue weighted by atomic mass is 10.2. The molecule has 0 atom stereocenters. The van der Waals surface area contributed by atoms with Crippen molar-refractivity contribution in [1.82, 2.24) is 0 Å². The minimum Gasteiger partial charge on any atom is -0.326 e. The summed E-state index contributed by atoms with van der Waals surface area (Å²) in [4.78, 5) is 0.202. The molecular formula is C14H15BrN2O2S. The number of aryl methyl sites for hydroxylation is 1. The summed E-state index contributed by atoms with van der Waals surface area (Å²) in [5, 5.41) is 0. The van der Waals surface area contributed by atoms with Gasteiger partial charge in [-0.2, -0.15) is 0 Å². The number of halogens is 1. The lowest BCUT2D eigenvalue weighted by Crippen LogP contribution is -2.14. The van der Waals surface area contributed by atoms with Crippen LogP contribution in [0.3, 0.4) is 0 Å². The fourth-order valence-corrected chi connectivity index (χ4v) is 3.62. The molecule has 3 N–H and O–H groups in total. The molecule has 0 fully saturated rings. The number of sulfonamides is 1. The summed E-state index contributed by atoms with van der Waals surface area (Å²) in [6.45, 7) is 2.24. The Balaban J connectivity index is 2.35. The van der Waals surface area contributed by atoms with Crippen LogP contribution in [0.4, 0.5) is 5.69 Å². The summed E-state index contributed by atoms with van der Waals surface area (Å²) in [6, 6.07) is 12.0. The van der Waals surface area contributed by atoms with Gasteiger partial charge in [0.25, 0.3) is 10.0 Å². The van der Waals surface area contributed by atoms with Crippen LogP contribution in [0, 0.1) is 6.92 Å². The van der Waals surface area contributed by atoms with Gasteiger partial charge >= 0.3 is 0 Å². The van der Waals surface area contributed by atoms with Gasteiger partial charge in [0.2, 0.25) is 0 Å². The van der Waals surface area contributed by atoms with E-state index >= 15 is 0 Å². The van der Waals surface area contributed by atoms with Crippen LogP contribution in [0.25, 0.3) is 0 Å². The van der Waals surface area contributed by atoms with Crippen LogP contribution in [0.2, 0.25) is 0 Å². The van der Waals surface area contributed by atoms with Crippen LogP contribution >= 0.6 is 15.9 Å². The van der Waals surface area contributed by atoms with E-state index in [-0.39, 0.29) is 4.90 Å². The van der Waals surface area contributed by atoms with Crippen molar-refractivity contribution in [2.45, 2.75) is 18.4 Å². The summed E-state index contributed by atoms with van der Waals surface area (Å²) < 4.78 is 27.9. The molecule has 0 saturated heterocycles. The number of anilines is 1. The average molecular weight is 355 g/mol. The van der Waals surface area contributed by atoms with E-state index in [2.05, 4.69) is 20.7 Å². The van der Waals surface area contributed by atoms with E-state index in [1.165, 1.54) is 0 Å². The van der Waals surface area contributed by atoms with Crippen LogP contribution < -0.4 is 10.5 Å². The van der Waals surface area contributed by atoms with Crippen LogP contribution in [-0.2, 0) is 16.6 Å². The highest BCUT2D eigenvalue weighted by Crippen LogP contribution is 2.26. The predicted molar refractivity (Wildman–Crippen MR) is 84.0 cm³/mol. The molecule has 0 aliphatic rings. The molecule has 0 aromatic heterocycles. The minimum absolute atomic E-state index is 0.202. The van der Waals surface area contributed by atoms with Gasteiger partial charge in [-0.3, -0.25) is 4.72 Å². The van der Waals surface area contributed by atoms with Crippen molar-refractivity contribution in [3.63, 3.8) is 0 Å². The van der Waals surface area contributed by atoms with E-state index in [4.69, 9.17) is 5.73 Å². The monoisotopic (exact) mass is 354 g/mol. The number of nitrogens with two attached hydrogens (primary N) is 1. The SMILES string of the molecule is Cc1ccc(NS(=O)(=O)c2cccc(CN)c2)c(Br)c1. The molecule has 0 heterocycles. The highest BCUT2D eigenvalue weighted by atomic mass is 79.9. The highest BCUT2D eigenvalue weighted by molar-refractivity contribution is 9.10. The van der Waals surface area contributed by atoms with Gasteiger partial charge in [-0.25, -0.2) is 8.42 Å². The number of nitrogens with one attached hydrogen (secondary N) is 1. The summed E-state index contributed by atoms with van der Waals surface area (Å²) in [6.07, 6.45) is 0. The largest absolute Gasteiger partial charge is 0.326 e. The zero-order chi connectivity index (χ0) is 14.8. The molecule has 0 aliphatic carbocycles. The van der Waals surface area contributed by atoms with Gasteiger partial charge in [0.1, 0.15) is 0 Å². The van der Waals surface area contributed by atoms with Gasteiger partial charge in [0.15, 0.2) is 0 Å². The maximum atomic E-state index is 12.3. The molecule has 0 unspecified atom stereocenters. The van der Waals surface area contributed by atoms with Crippen molar-refractivity contribution in [2.24, 2.45) is 5.73 Å². The molecule has 2 aromatic rings. The molecule has 0 radical (unpaired) electrons. The van der Waals surface area contributed by atoms with Crippen molar-refractivity contribution in [2.75, 3.05) is 4.72 Å². The van der Waals surface area contributed by atoms with Gasteiger partial charge in [0, 0.05) is 11.0 Å². The summed E-state index contributed by atoms with van der Waals surface area (Å²) in [5.41, 5.74) is 7.86. The molecule has 0 aliphatic heterocycles. The smallest absolute Gasteiger partial charge is 0.261 e. The molecule has 4 nitrogen and oxygen atoms in total. The zero-order valence-corrected chi connectivity index (χ0v) is 13.3. The molecule has 106 valence electrons. The first-order valence-electron chi connectivity index (χ1n) is 6.00. The molecular weight excluding hydrogens is 340 g/mol. The van der Waals surface area contributed by atoms with Crippen molar-refractivity contribution >= 4 is 31.6 Å². The van der Waals surface area contributed by atoms with Crippen LogP contribution in [-0.4, -0.2) is 8.42 Å². The lowest BCUT2D eigenvalue weighted by molar-refractivity contribution is 0.601. The molecule has 0 spiro atoms. The maximum absolute atomic E-state index is 12.3. The van der Waals surface area contributed by atoms with E-state index in [0.717, 1.165) is 11.1 Å². The van der Waals surface area contributed by atoms with Crippen molar-refractivity contribution in [3.05, 3.63) is 58.1 Å². The molecule has 6 heteroatoms. The second-order valence-electron chi connectivity index (χ2n) is 4.44. The second-order valence-corrected chi connectivity index (χ2v) is 6.98. The molecule has 0 bridgehead atoms. The number of hydrogen-bond donors (Lipinski definition) is 2. The maximum Gasteiger partial charge on any atom is 0.261 e. The summed E-state index contributed by atoms with van der Waals surface area (Å²) in [7, 11) is -3.62. The molecule has 0 saturated carbocycles. The summed E-state index contributed by atoms with van der Waals surface area (Å²) in [5.74, 6) is 0. The van der Waals surface area contributed by atoms with E-state index in [1.54, 1.807) is 30.3 Å². The second kappa shape index (κ2) is 5.95. The molecule has 20 heavy (non-hydrogen) atoms. The predicted octanol–water partition coefficient (Wildman–Crippen LogP) is 3.02. The van der Waals surface area contributed by atoms with Gasteiger partial charge in [-0.15, -0.1) is 0 Å². The molecule has 2 aromatic carbocycles. The van der Waals surface area contributed by atoms with Gasteiger partial charge in [-0.1, -0.05) is 18.2 Å². The Kier molecular flexibility index (Phi) is 4.47. The van der Waals surface area contributed by atoms with Crippen molar-refractivity contribution in [1.29, 1.82) is 0 Å². The lowest BCUT2D eigenvalue weighted by Gasteiger charge is -2.11. The Hall–Kier alpha value is -1.37. The van der Waals surface area contributed by atoms with E-state index < -0.39 is 10.0 Å². The van der Waals surface area contributed by atoms with Crippen LogP contribution in [0.1, 0.15) is 11.1 Å². The first-order chi connectivity index (χ1) is 9.42. The summed E-state index contributed by atoms with van der Waals surface area (Å²) >= 11 is 3.35. The third-order valence-electron chi connectivity index (χ3n) is 2.81. The first-order valence-corrected chi connectivity index (χ1v) is 8.28. The number of rotatable bonds is 4. The standard InChI is InChI=1S/C14H15BrN2O2S/c1-10-5-6-14(13(15)7-10)17-20(18,19)12-4-2-3-11(8-12)9-16/h2-8,17H,9,16H2,1H3. The normalized spacial score (nSPS) is 11.3. The molecule has 2 rings (SSSR count). The molecule has 0 amide bonds. The Morgan fingerprint density at radius 1 is 1.20 bits per heavy atom. The Labute approximate surface area is 127 Å². The Morgan fingerprint density at radius 3 is 2.60 bits per heavy atom. The topological polar surface area (TPSA) is 72.2 Å². The van der Waals surface area contributed by atoms with Gasteiger partial charge < -0.3 is 5.73 Å². The zero-order valence-electron chi connectivity index (χ0n) is 10.9. The number of hydrogen-bond acceptors (Lipinski definition) is 3. The number of benzene rings is 2. The van der Waals surface area contributed by atoms with E-state index in [0.29, 0.717) is 16.7 Å². The van der Waals surface area contributed by atoms with Crippen molar-refractivity contribution in [3.8, 4) is 0 Å².